The summed E-state index contributed by atoms with van der Waals surface area (Å²) in [4.78, 5) is 23.7. The number of benzene rings is 2. The van der Waals surface area contributed by atoms with Crippen molar-refractivity contribution in [3.05, 3.63) is 54.1 Å². The van der Waals surface area contributed by atoms with E-state index in [4.69, 9.17) is 11.2 Å². The second kappa shape index (κ2) is 10.1. The van der Waals surface area contributed by atoms with E-state index in [0.29, 0.717) is 5.75 Å². The Labute approximate surface area is 169 Å². The van der Waals surface area contributed by atoms with Gasteiger partial charge in [0.15, 0.2) is 0 Å². The molecule has 2 amide bonds. The van der Waals surface area contributed by atoms with Gasteiger partial charge in [-0.2, -0.15) is 0 Å². The van der Waals surface area contributed by atoms with E-state index in [1.165, 1.54) is 31.4 Å². The topological polar surface area (TPSA) is 114 Å². The van der Waals surface area contributed by atoms with E-state index in [0.717, 1.165) is 0 Å². The highest BCUT2D eigenvalue weighted by atomic mass is 32.2. The van der Waals surface area contributed by atoms with Gasteiger partial charge in [-0.1, -0.05) is 24.1 Å². The van der Waals surface area contributed by atoms with Crippen LogP contribution in [0.2, 0.25) is 0 Å². The van der Waals surface area contributed by atoms with Gasteiger partial charge in [-0.3, -0.25) is 14.3 Å². The number of para-hydroxylation sites is 2. The van der Waals surface area contributed by atoms with E-state index in [1.807, 2.05) is 0 Å². The number of methoxy groups -OCH3 is 1. The van der Waals surface area contributed by atoms with Gasteiger partial charge >= 0.3 is 0 Å². The number of carbonyl (C=O) groups excluding carboxylic acids is 2. The standard InChI is InChI=1S/C20H21N3O5S/c1-3-12-21-19(24)11-13-22-20(25)15-7-6-8-16(14-15)29(26,27)23-17-9-4-5-10-18(17)28-2/h1,4-10,14,23H,11-13H2,2H3,(H,21,24)(H,22,25). The van der Waals surface area contributed by atoms with Crippen LogP contribution in [0.15, 0.2) is 53.4 Å². The van der Waals surface area contributed by atoms with Gasteiger partial charge in [0, 0.05) is 18.5 Å². The molecule has 0 heterocycles. The fourth-order valence-corrected chi connectivity index (χ4v) is 3.48. The van der Waals surface area contributed by atoms with Gasteiger partial charge in [-0.15, -0.1) is 6.42 Å². The number of sulfonamides is 1. The monoisotopic (exact) mass is 415 g/mol. The minimum Gasteiger partial charge on any atom is -0.495 e. The van der Waals surface area contributed by atoms with Gasteiger partial charge in [0.05, 0.1) is 24.2 Å². The summed E-state index contributed by atoms with van der Waals surface area (Å²) in [6.45, 7) is 0.206. The Morgan fingerprint density at radius 1 is 1.10 bits per heavy atom. The second-order valence-corrected chi connectivity index (χ2v) is 7.50. The molecule has 3 N–H and O–H groups in total. The van der Waals surface area contributed by atoms with Crippen LogP contribution in [0.1, 0.15) is 16.8 Å². The minimum atomic E-state index is -3.94. The predicted molar refractivity (Wildman–Crippen MR) is 109 cm³/mol. The fraction of sp³-hybridized carbons (Fsp3) is 0.200. The molecule has 0 radical (unpaired) electrons. The van der Waals surface area contributed by atoms with Crippen LogP contribution in [0, 0.1) is 12.3 Å². The van der Waals surface area contributed by atoms with Crippen molar-refractivity contribution in [3.63, 3.8) is 0 Å². The lowest BCUT2D eigenvalue weighted by Crippen LogP contribution is -2.31. The molecule has 2 aromatic rings. The number of terminal acetylenes is 1. The van der Waals surface area contributed by atoms with Gasteiger partial charge in [-0.05, 0) is 30.3 Å². The predicted octanol–water partition coefficient (Wildman–Crippen LogP) is 1.37. The average molecular weight is 415 g/mol. The van der Waals surface area contributed by atoms with Gasteiger partial charge in [0.1, 0.15) is 5.75 Å². The molecule has 0 aliphatic carbocycles. The van der Waals surface area contributed by atoms with Crippen LogP contribution >= 0.6 is 0 Å². The number of amides is 2. The quantitative estimate of drug-likeness (QED) is 0.535. The van der Waals surface area contributed by atoms with Gasteiger partial charge in [0.2, 0.25) is 5.91 Å². The maximum Gasteiger partial charge on any atom is 0.262 e. The molecular weight excluding hydrogens is 394 g/mol. The van der Waals surface area contributed by atoms with Crippen LogP contribution in [-0.4, -0.2) is 40.4 Å². The van der Waals surface area contributed by atoms with Crippen LogP contribution in [0.5, 0.6) is 5.75 Å². The van der Waals surface area contributed by atoms with E-state index < -0.39 is 15.9 Å². The highest BCUT2D eigenvalue weighted by Gasteiger charge is 2.18. The lowest BCUT2D eigenvalue weighted by atomic mass is 10.2. The zero-order valence-corrected chi connectivity index (χ0v) is 16.6. The summed E-state index contributed by atoms with van der Waals surface area (Å²) in [5.41, 5.74) is 0.430. The van der Waals surface area contributed by atoms with Crippen LogP contribution in [-0.2, 0) is 14.8 Å². The Morgan fingerprint density at radius 3 is 2.59 bits per heavy atom. The van der Waals surface area contributed by atoms with Crippen molar-refractivity contribution >= 4 is 27.5 Å². The smallest absolute Gasteiger partial charge is 0.262 e. The second-order valence-electron chi connectivity index (χ2n) is 5.82. The SMILES string of the molecule is C#CCNC(=O)CCNC(=O)c1cccc(S(=O)(=O)Nc2ccccc2OC)c1. The van der Waals surface area contributed by atoms with Crippen molar-refractivity contribution in [1.82, 2.24) is 10.6 Å². The molecule has 0 spiro atoms. The molecule has 8 nitrogen and oxygen atoms in total. The Bertz CT molecular complexity index is 1030. The van der Waals surface area contributed by atoms with Crippen molar-refractivity contribution in [2.45, 2.75) is 11.3 Å². The molecule has 0 fully saturated rings. The highest BCUT2D eigenvalue weighted by Crippen LogP contribution is 2.26. The Balaban J connectivity index is 2.07. The highest BCUT2D eigenvalue weighted by molar-refractivity contribution is 7.92. The summed E-state index contributed by atoms with van der Waals surface area (Å²) in [5.74, 6) is 1.86. The number of ether oxygens (including phenoxy) is 1. The molecule has 152 valence electrons. The third-order valence-electron chi connectivity index (χ3n) is 3.78. The maximum absolute atomic E-state index is 12.7. The first-order chi connectivity index (χ1) is 13.9. The van der Waals surface area contributed by atoms with E-state index in [2.05, 4.69) is 21.3 Å². The molecule has 0 bridgehead atoms. The number of nitrogens with one attached hydrogen (secondary N) is 3. The van der Waals surface area contributed by atoms with Crippen LogP contribution in [0.25, 0.3) is 0 Å². The lowest BCUT2D eigenvalue weighted by molar-refractivity contribution is -0.120. The Hall–Kier alpha value is -3.51. The first kappa shape index (κ1) is 21.8. The normalized spacial score (nSPS) is 10.5. The van der Waals surface area contributed by atoms with Gasteiger partial charge in [-0.25, -0.2) is 8.42 Å². The summed E-state index contributed by atoms with van der Waals surface area (Å²) < 4.78 is 32.9. The molecule has 29 heavy (non-hydrogen) atoms. The summed E-state index contributed by atoms with van der Waals surface area (Å²) in [7, 11) is -2.50. The molecule has 2 aromatic carbocycles. The van der Waals surface area contributed by atoms with E-state index in [1.54, 1.807) is 24.3 Å². The van der Waals surface area contributed by atoms with Gasteiger partial charge in [0.25, 0.3) is 15.9 Å². The minimum absolute atomic E-state index is 0.0563. The maximum atomic E-state index is 12.7. The molecule has 0 aromatic heterocycles. The van der Waals surface area contributed by atoms with Crippen LogP contribution < -0.4 is 20.1 Å². The Kier molecular flexibility index (Phi) is 7.62. The molecule has 9 heteroatoms. The van der Waals surface area contributed by atoms with Crippen molar-refractivity contribution in [1.29, 1.82) is 0 Å². The number of carbonyl (C=O) groups is 2. The number of hydrogen-bond acceptors (Lipinski definition) is 5. The molecule has 0 aliphatic rings. The largest absolute Gasteiger partial charge is 0.495 e. The number of rotatable bonds is 9. The lowest BCUT2D eigenvalue weighted by Gasteiger charge is -2.12. The van der Waals surface area contributed by atoms with Crippen molar-refractivity contribution < 1.29 is 22.7 Å². The van der Waals surface area contributed by atoms with Crippen LogP contribution in [0.4, 0.5) is 5.69 Å². The molecule has 2 rings (SSSR count). The van der Waals surface area contributed by atoms with E-state index in [9.17, 15) is 18.0 Å². The fourth-order valence-electron chi connectivity index (χ4n) is 2.37. The zero-order valence-electron chi connectivity index (χ0n) is 15.8. The summed E-state index contributed by atoms with van der Waals surface area (Å²) in [6.07, 6.45) is 5.10. The van der Waals surface area contributed by atoms with E-state index >= 15 is 0 Å². The molecule has 0 atom stereocenters. The molecule has 0 aliphatic heterocycles. The Morgan fingerprint density at radius 2 is 1.86 bits per heavy atom. The van der Waals surface area contributed by atoms with E-state index in [-0.39, 0.29) is 41.6 Å². The van der Waals surface area contributed by atoms with Crippen molar-refractivity contribution in [2.75, 3.05) is 24.9 Å². The molecule has 0 saturated heterocycles. The van der Waals surface area contributed by atoms with Crippen molar-refractivity contribution in [3.8, 4) is 18.1 Å². The molecule has 0 unspecified atom stereocenters. The first-order valence-electron chi connectivity index (χ1n) is 8.61. The third kappa shape index (κ3) is 6.26. The number of hydrogen-bond donors (Lipinski definition) is 3. The zero-order chi connectivity index (χ0) is 21.3. The summed E-state index contributed by atoms with van der Waals surface area (Å²) in [6, 6.07) is 12.2. The number of anilines is 1. The third-order valence-corrected chi connectivity index (χ3v) is 5.15. The van der Waals surface area contributed by atoms with Gasteiger partial charge < -0.3 is 15.4 Å². The molecule has 0 saturated carbocycles. The van der Waals surface area contributed by atoms with Crippen LogP contribution in [0.3, 0.4) is 0 Å². The molecular formula is C20H21N3O5S. The average Bonchev–Trinajstić information content (AvgIpc) is 2.72. The summed E-state index contributed by atoms with van der Waals surface area (Å²) >= 11 is 0. The van der Waals surface area contributed by atoms with Crippen molar-refractivity contribution in [2.24, 2.45) is 0 Å². The first-order valence-corrected chi connectivity index (χ1v) is 10.1. The summed E-state index contributed by atoms with van der Waals surface area (Å²) in [5, 5.41) is 5.05.